The largest absolute Gasteiger partial charge is 0.368 e. The van der Waals surface area contributed by atoms with E-state index in [0.29, 0.717) is 6.42 Å². The van der Waals surface area contributed by atoms with Crippen LogP contribution in [0.1, 0.15) is 57.8 Å². The van der Waals surface area contributed by atoms with Crippen LogP contribution in [0.2, 0.25) is 0 Å². The molecular formula is C15H27N3O2. The van der Waals surface area contributed by atoms with Crippen LogP contribution in [0.5, 0.6) is 0 Å². The highest BCUT2D eigenvalue weighted by molar-refractivity contribution is 5.84. The molecule has 2 rings (SSSR count). The fraction of sp³-hybridized carbons (Fsp3) is 0.867. The van der Waals surface area contributed by atoms with Gasteiger partial charge in [0.2, 0.25) is 11.8 Å². The average molecular weight is 281 g/mol. The summed E-state index contributed by atoms with van der Waals surface area (Å²) in [4.78, 5) is 25.5. The summed E-state index contributed by atoms with van der Waals surface area (Å²) in [5.41, 5.74) is 11.4. The molecule has 4 N–H and O–H groups in total. The van der Waals surface area contributed by atoms with Crippen LogP contribution in [-0.4, -0.2) is 35.3 Å². The van der Waals surface area contributed by atoms with Gasteiger partial charge in [0.15, 0.2) is 0 Å². The van der Waals surface area contributed by atoms with Gasteiger partial charge >= 0.3 is 0 Å². The summed E-state index contributed by atoms with van der Waals surface area (Å²) < 4.78 is 0. The molecule has 0 spiro atoms. The summed E-state index contributed by atoms with van der Waals surface area (Å²) in [5, 5.41) is 0. The molecule has 2 atom stereocenters. The predicted molar refractivity (Wildman–Crippen MR) is 77.7 cm³/mol. The van der Waals surface area contributed by atoms with Crippen molar-refractivity contribution < 1.29 is 9.59 Å². The third-order valence-electron chi connectivity index (χ3n) is 4.82. The lowest BCUT2D eigenvalue weighted by Gasteiger charge is -2.33. The maximum atomic E-state index is 12.5. The molecule has 2 amide bonds. The summed E-state index contributed by atoms with van der Waals surface area (Å²) in [6.07, 6.45) is 9.10. The lowest BCUT2D eigenvalue weighted by molar-refractivity contribution is -0.138. The molecule has 5 nitrogen and oxygen atoms in total. The van der Waals surface area contributed by atoms with Crippen LogP contribution in [0.4, 0.5) is 0 Å². The summed E-state index contributed by atoms with van der Waals surface area (Å²) in [5.74, 6) is -0.0794. The van der Waals surface area contributed by atoms with Gasteiger partial charge in [-0.15, -0.1) is 0 Å². The Labute approximate surface area is 121 Å². The number of hydrogen-bond donors (Lipinski definition) is 2. The lowest BCUT2D eigenvalue weighted by Crippen LogP contribution is -2.46. The van der Waals surface area contributed by atoms with Gasteiger partial charge in [0.1, 0.15) is 0 Å². The van der Waals surface area contributed by atoms with Gasteiger partial charge in [-0.3, -0.25) is 9.59 Å². The Morgan fingerprint density at radius 3 is 2.20 bits per heavy atom. The second-order valence-corrected chi connectivity index (χ2v) is 6.34. The summed E-state index contributed by atoms with van der Waals surface area (Å²) in [7, 11) is 0. The van der Waals surface area contributed by atoms with E-state index in [1.165, 1.54) is 6.42 Å². The van der Waals surface area contributed by atoms with Crippen LogP contribution in [0.25, 0.3) is 0 Å². The molecule has 2 aliphatic carbocycles. The molecule has 0 aromatic rings. The van der Waals surface area contributed by atoms with Crippen molar-refractivity contribution in [2.24, 2.45) is 17.4 Å². The second kappa shape index (κ2) is 7.07. The zero-order chi connectivity index (χ0) is 14.5. The van der Waals surface area contributed by atoms with Crippen molar-refractivity contribution >= 4 is 11.8 Å². The molecular weight excluding hydrogens is 254 g/mol. The minimum absolute atomic E-state index is 0.0610. The molecule has 0 aromatic carbocycles. The monoisotopic (exact) mass is 281 g/mol. The number of carbonyl (C=O) groups excluding carboxylic acids is 2. The Hall–Kier alpha value is -1.10. The second-order valence-electron chi connectivity index (χ2n) is 6.34. The number of primary amides is 1. The Balaban J connectivity index is 1.96. The van der Waals surface area contributed by atoms with Crippen molar-refractivity contribution in [3.8, 4) is 0 Å². The van der Waals surface area contributed by atoms with Crippen molar-refractivity contribution in [2.75, 3.05) is 6.54 Å². The smallest absolute Gasteiger partial charge is 0.237 e. The van der Waals surface area contributed by atoms with Crippen LogP contribution in [-0.2, 0) is 9.59 Å². The van der Waals surface area contributed by atoms with Crippen molar-refractivity contribution in [2.45, 2.75) is 69.9 Å². The Morgan fingerprint density at radius 2 is 1.60 bits per heavy atom. The molecule has 0 radical (unpaired) electrons. The summed E-state index contributed by atoms with van der Waals surface area (Å²) in [6.45, 7) is 0.0610. The van der Waals surface area contributed by atoms with Crippen molar-refractivity contribution in [3.63, 3.8) is 0 Å². The molecule has 0 saturated heterocycles. The minimum atomic E-state index is -0.418. The lowest BCUT2D eigenvalue weighted by atomic mass is 9.82. The predicted octanol–water partition coefficient (Wildman–Crippen LogP) is 1.15. The first kappa shape index (κ1) is 15.3. The maximum absolute atomic E-state index is 12.5. The molecule has 2 aliphatic rings. The minimum Gasteiger partial charge on any atom is -0.368 e. The van der Waals surface area contributed by atoms with E-state index in [0.717, 1.165) is 44.9 Å². The Bertz CT molecular complexity index is 353. The average Bonchev–Trinajstić information content (AvgIpc) is 2.92. The number of carbonyl (C=O) groups is 2. The first-order valence-electron chi connectivity index (χ1n) is 7.91. The van der Waals surface area contributed by atoms with Gasteiger partial charge in [-0.1, -0.05) is 25.7 Å². The normalized spacial score (nSPS) is 27.4. The topological polar surface area (TPSA) is 89.4 Å². The van der Waals surface area contributed by atoms with Gasteiger partial charge in [-0.2, -0.15) is 0 Å². The van der Waals surface area contributed by atoms with Crippen LogP contribution in [0.3, 0.4) is 0 Å². The molecule has 0 aromatic heterocycles. The van der Waals surface area contributed by atoms with Gasteiger partial charge in [0, 0.05) is 18.5 Å². The summed E-state index contributed by atoms with van der Waals surface area (Å²) in [6, 6.07) is 0.335. The molecule has 20 heavy (non-hydrogen) atoms. The molecule has 2 fully saturated rings. The van der Waals surface area contributed by atoms with Crippen LogP contribution in [0.15, 0.2) is 0 Å². The Morgan fingerprint density at radius 1 is 1.00 bits per heavy atom. The summed E-state index contributed by atoms with van der Waals surface area (Å²) >= 11 is 0. The zero-order valence-electron chi connectivity index (χ0n) is 12.2. The van der Waals surface area contributed by atoms with E-state index in [4.69, 9.17) is 11.5 Å². The van der Waals surface area contributed by atoms with Crippen LogP contribution < -0.4 is 11.5 Å². The Kier molecular flexibility index (Phi) is 5.40. The molecule has 0 heterocycles. The highest BCUT2D eigenvalue weighted by atomic mass is 16.2. The van der Waals surface area contributed by atoms with E-state index < -0.39 is 5.91 Å². The molecule has 2 saturated carbocycles. The van der Waals surface area contributed by atoms with E-state index in [1.807, 2.05) is 0 Å². The van der Waals surface area contributed by atoms with Gasteiger partial charge < -0.3 is 16.4 Å². The fourth-order valence-electron chi connectivity index (χ4n) is 3.64. The van der Waals surface area contributed by atoms with Crippen LogP contribution in [0, 0.1) is 5.92 Å². The zero-order valence-corrected chi connectivity index (χ0v) is 12.2. The van der Waals surface area contributed by atoms with E-state index in [9.17, 15) is 9.59 Å². The SMILES string of the molecule is NC(=O)CN(C(=O)CC1CCCCC1N)C1CCCC1. The standard InChI is InChI=1S/C15H27N3O2/c16-13-8-4-1-5-11(13)9-15(20)18(10-14(17)19)12-6-2-3-7-12/h11-13H,1-10,16H2,(H2,17,19). The van der Waals surface area contributed by atoms with E-state index in [1.54, 1.807) is 4.90 Å². The molecule has 2 unspecified atom stereocenters. The quantitative estimate of drug-likeness (QED) is 0.792. The van der Waals surface area contributed by atoms with Gasteiger partial charge in [-0.25, -0.2) is 0 Å². The number of hydrogen-bond acceptors (Lipinski definition) is 3. The van der Waals surface area contributed by atoms with E-state index in [2.05, 4.69) is 0 Å². The highest BCUT2D eigenvalue weighted by Crippen LogP contribution is 2.29. The van der Waals surface area contributed by atoms with Gasteiger partial charge in [0.25, 0.3) is 0 Å². The number of rotatable bonds is 5. The number of nitrogens with zero attached hydrogens (tertiary/aromatic N) is 1. The first-order chi connectivity index (χ1) is 9.58. The third-order valence-corrected chi connectivity index (χ3v) is 4.82. The maximum Gasteiger partial charge on any atom is 0.237 e. The molecule has 0 bridgehead atoms. The highest BCUT2D eigenvalue weighted by Gasteiger charge is 2.31. The van der Waals surface area contributed by atoms with E-state index >= 15 is 0 Å². The molecule has 5 heteroatoms. The van der Waals surface area contributed by atoms with Gasteiger partial charge in [-0.05, 0) is 31.6 Å². The van der Waals surface area contributed by atoms with Crippen molar-refractivity contribution in [1.29, 1.82) is 0 Å². The molecule has 0 aliphatic heterocycles. The van der Waals surface area contributed by atoms with E-state index in [-0.39, 0.29) is 30.5 Å². The van der Waals surface area contributed by atoms with Crippen molar-refractivity contribution in [3.05, 3.63) is 0 Å². The number of nitrogens with two attached hydrogens (primary N) is 2. The van der Waals surface area contributed by atoms with Gasteiger partial charge in [0.05, 0.1) is 6.54 Å². The third kappa shape index (κ3) is 3.95. The van der Waals surface area contributed by atoms with Crippen molar-refractivity contribution in [1.82, 2.24) is 4.90 Å². The fourth-order valence-corrected chi connectivity index (χ4v) is 3.64. The first-order valence-corrected chi connectivity index (χ1v) is 7.91. The van der Waals surface area contributed by atoms with Crippen LogP contribution >= 0.6 is 0 Å². The molecule has 114 valence electrons. The number of amides is 2.